The average Bonchev–Trinajstić information content (AvgIpc) is 2.68. The van der Waals surface area contributed by atoms with Crippen LogP contribution in [0.15, 0.2) is 29.1 Å². The van der Waals surface area contributed by atoms with E-state index in [0.29, 0.717) is 16.4 Å². The minimum atomic E-state index is -0.181. The Bertz CT molecular complexity index is 524. The molecule has 0 aliphatic heterocycles. The highest BCUT2D eigenvalue weighted by molar-refractivity contribution is 7.08. The summed E-state index contributed by atoms with van der Waals surface area (Å²) in [6.45, 7) is 1.89. The second kappa shape index (κ2) is 4.63. The molecule has 0 unspecified atom stereocenters. The first-order valence-corrected chi connectivity index (χ1v) is 5.95. The van der Waals surface area contributed by atoms with Crippen LogP contribution in [0.4, 0.5) is 5.82 Å². The highest BCUT2D eigenvalue weighted by atomic mass is 35.5. The third-order valence-electron chi connectivity index (χ3n) is 2.09. The number of hydrogen-bond donors (Lipinski definition) is 1. The molecule has 0 aromatic carbocycles. The number of carbonyl (C=O) groups is 1. The fourth-order valence-corrected chi connectivity index (χ4v) is 2.24. The summed E-state index contributed by atoms with van der Waals surface area (Å²) in [4.78, 5) is 15.8. The largest absolute Gasteiger partial charge is 0.305 e. The summed E-state index contributed by atoms with van der Waals surface area (Å²) in [5.74, 6) is 0.208. The van der Waals surface area contributed by atoms with Crippen molar-refractivity contribution in [2.45, 2.75) is 6.92 Å². The van der Waals surface area contributed by atoms with Gasteiger partial charge in [0, 0.05) is 11.6 Å². The standard InChI is InChI=1S/C11H9ClN2OS/c1-7-5-16-6-8(7)11(15)14-10-9(12)3-2-4-13-10/h2-6H,1H3,(H,13,14,15). The number of halogens is 1. The van der Waals surface area contributed by atoms with Crippen molar-refractivity contribution in [3.8, 4) is 0 Å². The Kier molecular flexibility index (Phi) is 3.22. The maximum atomic E-state index is 11.8. The van der Waals surface area contributed by atoms with Gasteiger partial charge in [0.2, 0.25) is 0 Å². The normalized spacial score (nSPS) is 10.1. The first-order valence-electron chi connectivity index (χ1n) is 4.63. The van der Waals surface area contributed by atoms with Crippen LogP contribution in [0.1, 0.15) is 15.9 Å². The number of nitrogens with zero attached hydrogens (tertiary/aromatic N) is 1. The number of anilines is 1. The molecule has 2 rings (SSSR count). The quantitative estimate of drug-likeness (QED) is 0.891. The van der Waals surface area contributed by atoms with E-state index in [1.165, 1.54) is 11.3 Å². The Labute approximate surface area is 102 Å². The van der Waals surface area contributed by atoms with Crippen LogP contribution in [0.3, 0.4) is 0 Å². The van der Waals surface area contributed by atoms with Gasteiger partial charge in [-0.2, -0.15) is 11.3 Å². The summed E-state index contributed by atoms with van der Waals surface area (Å²) in [5.41, 5.74) is 1.61. The van der Waals surface area contributed by atoms with Crippen LogP contribution in [-0.4, -0.2) is 10.9 Å². The second-order valence-electron chi connectivity index (χ2n) is 3.26. The number of rotatable bonds is 2. The topological polar surface area (TPSA) is 42.0 Å². The van der Waals surface area contributed by atoms with E-state index in [2.05, 4.69) is 10.3 Å². The number of aromatic nitrogens is 1. The van der Waals surface area contributed by atoms with E-state index in [1.807, 2.05) is 17.7 Å². The van der Waals surface area contributed by atoms with Gasteiger partial charge in [-0.3, -0.25) is 4.79 Å². The maximum absolute atomic E-state index is 11.8. The molecule has 1 N–H and O–H groups in total. The van der Waals surface area contributed by atoms with Gasteiger partial charge >= 0.3 is 0 Å². The highest BCUT2D eigenvalue weighted by Crippen LogP contribution is 2.20. The van der Waals surface area contributed by atoms with E-state index in [9.17, 15) is 4.79 Å². The molecule has 82 valence electrons. The summed E-state index contributed by atoms with van der Waals surface area (Å²) in [7, 11) is 0. The zero-order valence-electron chi connectivity index (χ0n) is 8.53. The number of amides is 1. The summed E-state index contributed by atoms with van der Waals surface area (Å²) in [6.07, 6.45) is 1.59. The number of thiophene rings is 1. The molecule has 0 aliphatic carbocycles. The molecule has 0 atom stereocenters. The van der Waals surface area contributed by atoms with Gasteiger partial charge in [0.25, 0.3) is 5.91 Å². The van der Waals surface area contributed by atoms with Gasteiger partial charge in [-0.25, -0.2) is 4.98 Å². The molecule has 0 radical (unpaired) electrons. The van der Waals surface area contributed by atoms with E-state index in [1.54, 1.807) is 18.3 Å². The summed E-state index contributed by atoms with van der Waals surface area (Å²) in [6, 6.07) is 3.40. The molecule has 5 heteroatoms. The first kappa shape index (κ1) is 11.1. The van der Waals surface area contributed by atoms with Crippen molar-refractivity contribution in [3.63, 3.8) is 0 Å². The fourth-order valence-electron chi connectivity index (χ4n) is 1.25. The molecule has 2 heterocycles. The van der Waals surface area contributed by atoms with Crippen LogP contribution in [0.25, 0.3) is 0 Å². The molecule has 0 aliphatic rings. The summed E-state index contributed by atoms with van der Waals surface area (Å²) < 4.78 is 0. The van der Waals surface area contributed by atoms with Crippen molar-refractivity contribution in [2.24, 2.45) is 0 Å². The second-order valence-corrected chi connectivity index (χ2v) is 4.41. The average molecular weight is 253 g/mol. The number of aryl methyl sites for hydroxylation is 1. The lowest BCUT2D eigenvalue weighted by Crippen LogP contribution is -2.13. The number of nitrogens with one attached hydrogen (secondary N) is 1. The molecule has 0 saturated heterocycles. The third kappa shape index (κ3) is 2.23. The fraction of sp³-hybridized carbons (Fsp3) is 0.0909. The highest BCUT2D eigenvalue weighted by Gasteiger charge is 2.11. The van der Waals surface area contributed by atoms with Gasteiger partial charge in [0.1, 0.15) is 0 Å². The molecule has 0 fully saturated rings. The minimum absolute atomic E-state index is 0.181. The Morgan fingerprint density at radius 1 is 1.50 bits per heavy atom. The van der Waals surface area contributed by atoms with Crippen molar-refractivity contribution >= 4 is 34.7 Å². The van der Waals surface area contributed by atoms with Gasteiger partial charge in [-0.15, -0.1) is 0 Å². The van der Waals surface area contributed by atoms with Crippen LogP contribution in [0.5, 0.6) is 0 Å². The Morgan fingerprint density at radius 2 is 2.31 bits per heavy atom. The zero-order valence-corrected chi connectivity index (χ0v) is 10.1. The van der Waals surface area contributed by atoms with Crippen molar-refractivity contribution < 1.29 is 4.79 Å². The van der Waals surface area contributed by atoms with Gasteiger partial charge in [0.05, 0.1) is 10.6 Å². The Morgan fingerprint density at radius 3 is 2.94 bits per heavy atom. The molecule has 0 saturated carbocycles. The Hall–Kier alpha value is -1.39. The minimum Gasteiger partial charge on any atom is -0.305 e. The molecule has 2 aromatic rings. The van der Waals surface area contributed by atoms with Crippen LogP contribution in [0.2, 0.25) is 5.02 Å². The lowest BCUT2D eigenvalue weighted by Gasteiger charge is -2.04. The van der Waals surface area contributed by atoms with Crippen molar-refractivity contribution in [2.75, 3.05) is 5.32 Å². The molecule has 0 bridgehead atoms. The molecule has 3 nitrogen and oxygen atoms in total. The summed E-state index contributed by atoms with van der Waals surface area (Å²) in [5, 5.41) is 6.84. The zero-order chi connectivity index (χ0) is 11.5. The molecule has 2 aromatic heterocycles. The number of hydrogen-bond acceptors (Lipinski definition) is 3. The predicted octanol–water partition coefficient (Wildman–Crippen LogP) is 3.36. The molecule has 0 spiro atoms. The predicted molar refractivity (Wildman–Crippen MR) is 66.3 cm³/mol. The lowest BCUT2D eigenvalue weighted by atomic mass is 10.2. The van der Waals surface area contributed by atoms with Crippen LogP contribution in [-0.2, 0) is 0 Å². The van der Waals surface area contributed by atoms with E-state index in [0.717, 1.165) is 5.56 Å². The SMILES string of the molecule is Cc1cscc1C(=O)Nc1ncccc1Cl. The number of pyridine rings is 1. The lowest BCUT2D eigenvalue weighted by molar-refractivity contribution is 0.102. The molecule has 1 amide bonds. The smallest absolute Gasteiger partial charge is 0.257 e. The van der Waals surface area contributed by atoms with Gasteiger partial charge in [-0.05, 0) is 30.0 Å². The molecular formula is C11H9ClN2OS. The third-order valence-corrected chi connectivity index (χ3v) is 3.26. The van der Waals surface area contributed by atoms with Gasteiger partial charge < -0.3 is 5.32 Å². The van der Waals surface area contributed by atoms with Gasteiger partial charge in [0.15, 0.2) is 5.82 Å². The molecular weight excluding hydrogens is 244 g/mol. The Balaban J connectivity index is 2.21. The van der Waals surface area contributed by atoms with Crippen molar-refractivity contribution in [1.82, 2.24) is 4.98 Å². The number of carbonyl (C=O) groups excluding carboxylic acids is 1. The van der Waals surface area contributed by atoms with E-state index in [4.69, 9.17) is 11.6 Å². The van der Waals surface area contributed by atoms with E-state index >= 15 is 0 Å². The van der Waals surface area contributed by atoms with E-state index < -0.39 is 0 Å². The monoisotopic (exact) mass is 252 g/mol. The van der Waals surface area contributed by atoms with E-state index in [-0.39, 0.29) is 5.91 Å². The first-order chi connectivity index (χ1) is 7.68. The van der Waals surface area contributed by atoms with Crippen LogP contribution >= 0.6 is 22.9 Å². The van der Waals surface area contributed by atoms with Gasteiger partial charge in [-0.1, -0.05) is 11.6 Å². The summed E-state index contributed by atoms with van der Waals surface area (Å²) >= 11 is 7.39. The van der Waals surface area contributed by atoms with Crippen molar-refractivity contribution in [1.29, 1.82) is 0 Å². The van der Waals surface area contributed by atoms with Crippen LogP contribution in [0, 0.1) is 6.92 Å². The molecule has 16 heavy (non-hydrogen) atoms. The van der Waals surface area contributed by atoms with Crippen molar-refractivity contribution in [3.05, 3.63) is 45.2 Å². The van der Waals surface area contributed by atoms with Crippen LogP contribution < -0.4 is 5.32 Å². The maximum Gasteiger partial charge on any atom is 0.257 e.